The van der Waals surface area contributed by atoms with Gasteiger partial charge in [0.15, 0.2) is 0 Å². The van der Waals surface area contributed by atoms with Crippen LogP contribution in [0.25, 0.3) is 10.9 Å². The molecule has 0 radical (unpaired) electrons. The van der Waals surface area contributed by atoms with E-state index >= 15 is 0 Å². The Labute approximate surface area is 82.4 Å². The molecule has 2 rings (SSSR count). The summed E-state index contributed by atoms with van der Waals surface area (Å²) in [5, 5.41) is 1.93. The van der Waals surface area contributed by atoms with Gasteiger partial charge in [-0.2, -0.15) is 0 Å². The normalized spacial score (nSPS) is 10.7. The lowest BCUT2D eigenvalue weighted by Gasteiger charge is -2.03. The van der Waals surface area contributed by atoms with Crippen LogP contribution >= 0.6 is 11.6 Å². The van der Waals surface area contributed by atoms with Crippen LogP contribution in [0, 0.1) is 13.8 Å². The smallest absolute Gasteiger partial charge is 0.0749 e. The van der Waals surface area contributed by atoms with E-state index in [2.05, 4.69) is 11.1 Å². The maximum Gasteiger partial charge on any atom is 0.0749 e. The summed E-state index contributed by atoms with van der Waals surface area (Å²) < 4.78 is 0. The number of rotatable bonds is 0. The predicted octanol–water partition coefficient (Wildman–Crippen LogP) is 3.51. The molecule has 0 amide bonds. The number of benzene rings is 1. The Kier molecular flexibility index (Phi) is 1.97. The topological polar surface area (TPSA) is 12.9 Å². The molecule has 1 nitrogen and oxygen atoms in total. The summed E-state index contributed by atoms with van der Waals surface area (Å²) in [7, 11) is 0. The van der Waals surface area contributed by atoms with Gasteiger partial charge < -0.3 is 0 Å². The van der Waals surface area contributed by atoms with Crippen LogP contribution in [0.4, 0.5) is 0 Å². The molecule has 0 saturated heterocycles. The van der Waals surface area contributed by atoms with Crippen molar-refractivity contribution in [3.05, 3.63) is 40.5 Å². The average molecular weight is 192 g/mol. The standard InChI is InChI=1S/C11H10ClN/c1-7-3-4-9-5-6-10(12)8(2)11(9)13-7/h3-6H,1-2H3. The van der Waals surface area contributed by atoms with E-state index in [1.165, 1.54) is 0 Å². The molecule has 0 fully saturated rings. The van der Waals surface area contributed by atoms with Crippen molar-refractivity contribution in [2.45, 2.75) is 13.8 Å². The minimum atomic E-state index is 0.783. The summed E-state index contributed by atoms with van der Waals surface area (Å²) in [6.45, 7) is 3.98. The van der Waals surface area contributed by atoms with Gasteiger partial charge in [-0.25, -0.2) is 0 Å². The Morgan fingerprint density at radius 1 is 1.08 bits per heavy atom. The zero-order valence-corrected chi connectivity index (χ0v) is 8.39. The molecule has 2 heteroatoms. The minimum Gasteiger partial charge on any atom is -0.253 e. The Morgan fingerprint density at radius 2 is 1.77 bits per heavy atom. The van der Waals surface area contributed by atoms with Crippen molar-refractivity contribution in [1.29, 1.82) is 0 Å². The van der Waals surface area contributed by atoms with Crippen LogP contribution in [0.1, 0.15) is 11.3 Å². The highest BCUT2D eigenvalue weighted by Crippen LogP contribution is 2.23. The van der Waals surface area contributed by atoms with Crippen molar-refractivity contribution in [2.75, 3.05) is 0 Å². The first-order valence-electron chi connectivity index (χ1n) is 4.21. The van der Waals surface area contributed by atoms with Gasteiger partial charge in [0.05, 0.1) is 5.52 Å². The van der Waals surface area contributed by atoms with Crippen molar-refractivity contribution in [2.24, 2.45) is 0 Å². The lowest BCUT2D eigenvalue weighted by atomic mass is 10.1. The second-order valence-electron chi connectivity index (χ2n) is 3.20. The van der Waals surface area contributed by atoms with Crippen molar-refractivity contribution >= 4 is 22.5 Å². The third-order valence-electron chi connectivity index (χ3n) is 2.19. The molecule has 0 saturated carbocycles. The lowest BCUT2D eigenvalue weighted by molar-refractivity contribution is 1.24. The fraction of sp³-hybridized carbons (Fsp3) is 0.182. The zero-order chi connectivity index (χ0) is 9.42. The van der Waals surface area contributed by atoms with Crippen molar-refractivity contribution in [3.63, 3.8) is 0 Å². The third-order valence-corrected chi connectivity index (χ3v) is 2.60. The Morgan fingerprint density at radius 3 is 2.54 bits per heavy atom. The number of halogens is 1. The summed E-state index contributed by atoms with van der Waals surface area (Å²) in [5.74, 6) is 0. The molecular weight excluding hydrogens is 182 g/mol. The van der Waals surface area contributed by atoms with E-state index in [9.17, 15) is 0 Å². The van der Waals surface area contributed by atoms with Gasteiger partial charge >= 0.3 is 0 Å². The summed E-state index contributed by atoms with van der Waals surface area (Å²) >= 11 is 6.00. The van der Waals surface area contributed by atoms with Gasteiger partial charge in [0.2, 0.25) is 0 Å². The van der Waals surface area contributed by atoms with Crippen LogP contribution in [0.5, 0.6) is 0 Å². The third kappa shape index (κ3) is 1.40. The molecule has 0 N–H and O–H groups in total. The van der Waals surface area contributed by atoms with Crippen LogP contribution in [-0.2, 0) is 0 Å². The van der Waals surface area contributed by atoms with E-state index in [4.69, 9.17) is 11.6 Å². The molecule has 1 aromatic carbocycles. The zero-order valence-electron chi connectivity index (χ0n) is 7.63. The predicted molar refractivity (Wildman–Crippen MR) is 56.2 cm³/mol. The lowest BCUT2D eigenvalue weighted by Crippen LogP contribution is -1.86. The molecule has 0 atom stereocenters. The van der Waals surface area contributed by atoms with E-state index in [1.54, 1.807) is 0 Å². The summed E-state index contributed by atoms with van der Waals surface area (Å²) in [5.41, 5.74) is 3.09. The van der Waals surface area contributed by atoms with Gasteiger partial charge in [0, 0.05) is 16.1 Å². The van der Waals surface area contributed by atoms with E-state index in [1.807, 2.05) is 32.0 Å². The van der Waals surface area contributed by atoms with Gasteiger partial charge in [0.25, 0.3) is 0 Å². The van der Waals surface area contributed by atoms with Crippen molar-refractivity contribution in [1.82, 2.24) is 4.98 Å². The number of hydrogen-bond donors (Lipinski definition) is 0. The summed E-state index contributed by atoms with van der Waals surface area (Å²) in [6.07, 6.45) is 0. The second-order valence-corrected chi connectivity index (χ2v) is 3.60. The van der Waals surface area contributed by atoms with Crippen LogP contribution in [0.3, 0.4) is 0 Å². The molecule has 0 aliphatic carbocycles. The highest BCUT2D eigenvalue weighted by atomic mass is 35.5. The summed E-state index contributed by atoms with van der Waals surface area (Å²) in [6, 6.07) is 7.99. The Hall–Kier alpha value is -1.08. The molecule has 66 valence electrons. The van der Waals surface area contributed by atoms with Crippen LogP contribution in [0.15, 0.2) is 24.3 Å². The van der Waals surface area contributed by atoms with Crippen LogP contribution in [0.2, 0.25) is 5.02 Å². The SMILES string of the molecule is Cc1ccc2ccc(Cl)c(C)c2n1. The molecule has 1 aromatic heterocycles. The highest BCUT2D eigenvalue weighted by molar-refractivity contribution is 6.32. The van der Waals surface area contributed by atoms with E-state index in [0.717, 1.165) is 27.2 Å². The number of aryl methyl sites for hydroxylation is 2. The summed E-state index contributed by atoms with van der Waals surface area (Å²) in [4.78, 5) is 4.45. The molecule has 1 heterocycles. The Balaban J connectivity index is 2.89. The number of aromatic nitrogens is 1. The maximum absolute atomic E-state index is 6.00. The molecule has 0 spiro atoms. The first kappa shape index (κ1) is 8.52. The number of nitrogens with zero attached hydrogens (tertiary/aromatic N) is 1. The first-order chi connectivity index (χ1) is 6.18. The second kappa shape index (κ2) is 3.00. The quantitative estimate of drug-likeness (QED) is 0.621. The van der Waals surface area contributed by atoms with E-state index < -0.39 is 0 Å². The fourth-order valence-electron chi connectivity index (χ4n) is 1.40. The first-order valence-corrected chi connectivity index (χ1v) is 4.59. The molecule has 13 heavy (non-hydrogen) atoms. The fourth-order valence-corrected chi connectivity index (χ4v) is 1.56. The monoisotopic (exact) mass is 191 g/mol. The largest absolute Gasteiger partial charge is 0.253 e. The number of pyridine rings is 1. The van der Waals surface area contributed by atoms with E-state index in [0.29, 0.717) is 0 Å². The van der Waals surface area contributed by atoms with Gasteiger partial charge in [0.1, 0.15) is 0 Å². The van der Waals surface area contributed by atoms with Crippen molar-refractivity contribution in [3.8, 4) is 0 Å². The maximum atomic E-state index is 6.00. The average Bonchev–Trinajstić information content (AvgIpc) is 2.12. The molecule has 0 unspecified atom stereocenters. The van der Waals surface area contributed by atoms with Gasteiger partial charge in [-0.1, -0.05) is 23.7 Å². The Bertz CT molecular complexity index is 458. The molecule has 0 aliphatic heterocycles. The van der Waals surface area contributed by atoms with Crippen molar-refractivity contribution < 1.29 is 0 Å². The van der Waals surface area contributed by atoms with Crippen LogP contribution < -0.4 is 0 Å². The van der Waals surface area contributed by atoms with Gasteiger partial charge in [-0.05, 0) is 31.5 Å². The van der Waals surface area contributed by atoms with Crippen LogP contribution in [-0.4, -0.2) is 4.98 Å². The molecular formula is C11H10ClN. The van der Waals surface area contributed by atoms with E-state index in [-0.39, 0.29) is 0 Å². The number of fused-ring (bicyclic) bond motifs is 1. The highest BCUT2D eigenvalue weighted by Gasteiger charge is 2.02. The number of hydrogen-bond acceptors (Lipinski definition) is 1. The van der Waals surface area contributed by atoms with Gasteiger partial charge in [-0.3, -0.25) is 4.98 Å². The van der Waals surface area contributed by atoms with Gasteiger partial charge in [-0.15, -0.1) is 0 Å². The molecule has 0 aliphatic rings. The molecule has 0 bridgehead atoms. The minimum absolute atomic E-state index is 0.783. The molecule has 2 aromatic rings.